The number of thioether (sulfide) groups is 1. The zero-order chi connectivity index (χ0) is 15.1. The predicted octanol–water partition coefficient (Wildman–Crippen LogP) is 4.80. The minimum absolute atomic E-state index is 0.423. The van der Waals surface area contributed by atoms with Crippen molar-refractivity contribution in [3.63, 3.8) is 0 Å². The maximum Gasteiger partial charge on any atom is 0.120 e. The van der Waals surface area contributed by atoms with E-state index in [0.29, 0.717) is 12.1 Å². The van der Waals surface area contributed by atoms with Crippen molar-refractivity contribution in [2.24, 2.45) is 0 Å². The third-order valence-electron chi connectivity index (χ3n) is 3.85. The van der Waals surface area contributed by atoms with Crippen LogP contribution in [0.5, 0.6) is 5.75 Å². The van der Waals surface area contributed by atoms with E-state index in [-0.39, 0.29) is 0 Å². The average Bonchev–Trinajstić information content (AvgIpc) is 3.31. The molecule has 1 saturated carbocycles. The molecule has 0 aliphatic heterocycles. The zero-order valence-electron chi connectivity index (χ0n) is 13.6. The Morgan fingerprint density at radius 2 is 2.14 bits per heavy atom. The van der Waals surface area contributed by atoms with Crippen LogP contribution in [-0.2, 0) is 0 Å². The van der Waals surface area contributed by atoms with Gasteiger partial charge < -0.3 is 10.1 Å². The van der Waals surface area contributed by atoms with E-state index in [4.69, 9.17) is 4.74 Å². The minimum atomic E-state index is 0.423. The third kappa shape index (κ3) is 5.91. The van der Waals surface area contributed by atoms with Crippen LogP contribution in [-0.4, -0.2) is 23.7 Å². The third-order valence-corrected chi connectivity index (χ3v) is 5.28. The van der Waals surface area contributed by atoms with Crippen molar-refractivity contribution >= 4 is 11.8 Å². The molecule has 1 N–H and O–H groups in total. The van der Waals surface area contributed by atoms with Gasteiger partial charge in [-0.15, -0.1) is 0 Å². The van der Waals surface area contributed by atoms with E-state index in [9.17, 15) is 0 Å². The molecular formula is C18H29NOS. The van der Waals surface area contributed by atoms with E-state index in [0.717, 1.165) is 23.3 Å². The number of hydrogen-bond acceptors (Lipinski definition) is 3. The van der Waals surface area contributed by atoms with Gasteiger partial charge in [-0.1, -0.05) is 32.9 Å². The summed E-state index contributed by atoms with van der Waals surface area (Å²) in [6.07, 6.45) is 5.30. The lowest BCUT2D eigenvalue weighted by Gasteiger charge is -2.21. The standard InChI is InChI=1S/C18H29NOS/c1-4-11-19-18(13-21-14(3)5-2)15-7-6-8-17(12-15)20-16-9-10-16/h6-8,12,14,16,18-19H,4-5,9-11,13H2,1-3H3. The van der Waals surface area contributed by atoms with Crippen molar-refractivity contribution in [2.45, 2.75) is 63.9 Å². The van der Waals surface area contributed by atoms with Crippen LogP contribution in [0, 0.1) is 0 Å². The second-order valence-corrected chi connectivity index (χ2v) is 7.42. The topological polar surface area (TPSA) is 21.3 Å². The van der Waals surface area contributed by atoms with E-state index in [1.54, 1.807) is 0 Å². The maximum absolute atomic E-state index is 5.93. The van der Waals surface area contributed by atoms with Crippen molar-refractivity contribution in [1.82, 2.24) is 5.32 Å². The van der Waals surface area contributed by atoms with E-state index >= 15 is 0 Å². The first-order chi connectivity index (χ1) is 10.2. The lowest BCUT2D eigenvalue weighted by molar-refractivity contribution is 0.302. The van der Waals surface area contributed by atoms with E-state index in [1.165, 1.54) is 31.2 Å². The molecule has 1 aliphatic rings. The predicted molar refractivity (Wildman–Crippen MR) is 93.3 cm³/mol. The molecule has 0 amide bonds. The fourth-order valence-electron chi connectivity index (χ4n) is 2.15. The molecule has 0 spiro atoms. The van der Waals surface area contributed by atoms with Gasteiger partial charge in [0.1, 0.15) is 5.75 Å². The molecule has 0 bridgehead atoms. The average molecular weight is 308 g/mol. The summed E-state index contributed by atoms with van der Waals surface area (Å²) < 4.78 is 5.93. The highest BCUT2D eigenvalue weighted by atomic mass is 32.2. The first kappa shape index (κ1) is 16.7. The highest BCUT2D eigenvalue weighted by Crippen LogP contribution is 2.29. The Bertz CT molecular complexity index is 419. The van der Waals surface area contributed by atoms with Crippen molar-refractivity contribution in [3.8, 4) is 5.75 Å². The summed E-state index contributed by atoms with van der Waals surface area (Å²) in [7, 11) is 0. The van der Waals surface area contributed by atoms with Crippen molar-refractivity contribution in [2.75, 3.05) is 12.3 Å². The van der Waals surface area contributed by atoms with Gasteiger partial charge in [0, 0.05) is 17.0 Å². The van der Waals surface area contributed by atoms with Gasteiger partial charge in [-0.05, 0) is 49.9 Å². The number of nitrogens with one attached hydrogen (secondary N) is 1. The summed E-state index contributed by atoms with van der Waals surface area (Å²) in [4.78, 5) is 0. The van der Waals surface area contributed by atoms with Gasteiger partial charge in [0.15, 0.2) is 0 Å². The molecule has 2 nitrogen and oxygen atoms in total. The van der Waals surface area contributed by atoms with Crippen molar-refractivity contribution in [3.05, 3.63) is 29.8 Å². The summed E-state index contributed by atoms with van der Waals surface area (Å²) >= 11 is 2.06. The number of rotatable bonds is 10. The summed E-state index contributed by atoms with van der Waals surface area (Å²) in [6, 6.07) is 9.08. The molecule has 0 aromatic heterocycles. The van der Waals surface area contributed by atoms with Gasteiger partial charge in [0.05, 0.1) is 6.10 Å². The van der Waals surface area contributed by atoms with Gasteiger partial charge in [0.25, 0.3) is 0 Å². The smallest absolute Gasteiger partial charge is 0.120 e. The van der Waals surface area contributed by atoms with Gasteiger partial charge in [0.2, 0.25) is 0 Å². The molecule has 2 unspecified atom stereocenters. The molecule has 1 aromatic rings. The number of ether oxygens (including phenoxy) is 1. The Balaban J connectivity index is 1.99. The van der Waals surface area contributed by atoms with Crippen molar-refractivity contribution < 1.29 is 4.74 Å². The van der Waals surface area contributed by atoms with Crippen LogP contribution in [0.1, 0.15) is 58.1 Å². The Morgan fingerprint density at radius 3 is 2.81 bits per heavy atom. The first-order valence-corrected chi connectivity index (χ1v) is 9.39. The molecule has 3 heteroatoms. The molecule has 21 heavy (non-hydrogen) atoms. The molecule has 1 aromatic carbocycles. The Morgan fingerprint density at radius 1 is 1.33 bits per heavy atom. The largest absolute Gasteiger partial charge is 0.490 e. The fourth-order valence-corrected chi connectivity index (χ4v) is 3.22. The number of hydrogen-bond donors (Lipinski definition) is 1. The van der Waals surface area contributed by atoms with Crippen LogP contribution in [0.15, 0.2) is 24.3 Å². The van der Waals surface area contributed by atoms with Gasteiger partial charge in [-0.2, -0.15) is 11.8 Å². The molecule has 1 fully saturated rings. The highest BCUT2D eigenvalue weighted by Gasteiger charge is 2.23. The first-order valence-electron chi connectivity index (χ1n) is 8.34. The summed E-state index contributed by atoms with van der Waals surface area (Å²) in [5.41, 5.74) is 1.36. The van der Waals surface area contributed by atoms with Gasteiger partial charge >= 0.3 is 0 Å². The monoisotopic (exact) mass is 307 g/mol. The van der Waals surface area contributed by atoms with Crippen LogP contribution in [0.3, 0.4) is 0 Å². The summed E-state index contributed by atoms with van der Waals surface area (Å²) in [5, 5.41) is 4.41. The van der Waals surface area contributed by atoms with Crippen LogP contribution >= 0.6 is 11.8 Å². The quantitative estimate of drug-likeness (QED) is 0.671. The Labute approximate surface area is 134 Å². The molecule has 2 atom stereocenters. The molecule has 2 rings (SSSR count). The maximum atomic E-state index is 5.93. The number of benzene rings is 1. The van der Waals surface area contributed by atoms with Crippen LogP contribution in [0.4, 0.5) is 0 Å². The molecule has 0 radical (unpaired) electrons. The zero-order valence-corrected chi connectivity index (χ0v) is 14.4. The molecular weight excluding hydrogens is 278 g/mol. The van der Waals surface area contributed by atoms with Crippen LogP contribution in [0.25, 0.3) is 0 Å². The normalized spacial score (nSPS) is 17.5. The van der Waals surface area contributed by atoms with Gasteiger partial charge in [-0.3, -0.25) is 0 Å². The molecule has 118 valence electrons. The van der Waals surface area contributed by atoms with Crippen LogP contribution < -0.4 is 10.1 Å². The van der Waals surface area contributed by atoms with Crippen molar-refractivity contribution in [1.29, 1.82) is 0 Å². The molecule has 0 saturated heterocycles. The van der Waals surface area contributed by atoms with E-state index in [2.05, 4.69) is 62.1 Å². The van der Waals surface area contributed by atoms with Gasteiger partial charge in [-0.25, -0.2) is 0 Å². The second kappa shape index (κ2) is 8.70. The Kier molecular flexibility index (Phi) is 6.91. The Hall–Kier alpha value is -0.670. The summed E-state index contributed by atoms with van der Waals surface area (Å²) in [6.45, 7) is 7.86. The SMILES string of the molecule is CCCNC(CSC(C)CC)c1cccc(OC2CC2)c1. The molecule has 0 heterocycles. The minimum Gasteiger partial charge on any atom is -0.490 e. The van der Waals surface area contributed by atoms with Crippen LogP contribution in [0.2, 0.25) is 0 Å². The fraction of sp³-hybridized carbons (Fsp3) is 0.667. The van der Waals surface area contributed by atoms with E-state index < -0.39 is 0 Å². The summed E-state index contributed by atoms with van der Waals surface area (Å²) in [5.74, 6) is 2.16. The second-order valence-electron chi connectivity index (χ2n) is 5.95. The molecule has 1 aliphatic carbocycles. The lowest BCUT2D eigenvalue weighted by atomic mass is 10.1. The lowest BCUT2D eigenvalue weighted by Crippen LogP contribution is -2.24. The van der Waals surface area contributed by atoms with E-state index in [1.807, 2.05) is 0 Å². The highest BCUT2D eigenvalue weighted by molar-refractivity contribution is 7.99.